The summed E-state index contributed by atoms with van der Waals surface area (Å²) in [4.78, 5) is 14.0. The highest BCUT2D eigenvalue weighted by Gasteiger charge is 2.19. The minimum Gasteiger partial charge on any atom is -0.485 e. The van der Waals surface area contributed by atoms with Gasteiger partial charge in [-0.3, -0.25) is 10.1 Å². The van der Waals surface area contributed by atoms with E-state index in [0.717, 1.165) is 6.07 Å². The molecule has 0 aliphatic carbocycles. The van der Waals surface area contributed by atoms with Crippen LogP contribution in [-0.4, -0.2) is 23.1 Å². The molecule has 0 saturated carbocycles. The second-order valence-corrected chi connectivity index (χ2v) is 4.24. The Morgan fingerprint density at radius 3 is 3.00 bits per heavy atom. The first-order valence-corrected chi connectivity index (χ1v) is 6.12. The molecular formula is C13H10FN3O4. The smallest absolute Gasteiger partial charge is 0.272 e. The zero-order valence-corrected chi connectivity index (χ0v) is 10.7. The number of hydrogen-bond donors (Lipinski definition) is 1. The Morgan fingerprint density at radius 2 is 2.24 bits per heavy atom. The fraction of sp³-hybridized carbons (Fsp3) is 0.154. The van der Waals surface area contributed by atoms with Crippen LogP contribution in [-0.2, 0) is 0 Å². The molecule has 7 nitrogen and oxygen atoms in total. The van der Waals surface area contributed by atoms with E-state index in [1.807, 2.05) is 0 Å². The average Bonchev–Trinajstić information content (AvgIpc) is 2.49. The predicted octanol–water partition coefficient (Wildman–Crippen LogP) is 2.73. The highest BCUT2D eigenvalue weighted by Crippen LogP contribution is 2.38. The van der Waals surface area contributed by atoms with Crippen LogP contribution in [0.5, 0.6) is 17.2 Å². The number of non-ortho nitro benzene ring substituents is 1. The van der Waals surface area contributed by atoms with Crippen LogP contribution in [0.4, 0.5) is 15.9 Å². The monoisotopic (exact) mass is 291 g/mol. The Hall–Kier alpha value is -2.90. The zero-order chi connectivity index (χ0) is 14.8. The van der Waals surface area contributed by atoms with Crippen molar-refractivity contribution in [3.05, 3.63) is 46.4 Å². The fourth-order valence-corrected chi connectivity index (χ4v) is 1.90. The number of rotatable bonds is 3. The third-order valence-corrected chi connectivity index (χ3v) is 2.86. The SMILES string of the molecule is O=[N+]([O-])c1ccc(Oc2ccnc3c2OCCN3)c(F)c1. The van der Waals surface area contributed by atoms with Gasteiger partial charge in [0.2, 0.25) is 5.75 Å². The van der Waals surface area contributed by atoms with Crippen LogP contribution in [0.2, 0.25) is 0 Å². The van der Waals surface area contributed by atoms with Crippen molar-refractivity contribution in [3.63, 3.8) is 0 Å². The molecule has 0 saturated heterocycles. The summed E-state index contributed by atoms with van der Waals surface area (Å²) in [5.74, 6) is 0.254. The van der Waals surface area contributed by atoms with Gasteiger partial charge in [-0.1, -0.05) is 0 Å². The van der Waals surface area contributed by atoms with Crippen molar-refractivity contribution < 1.29 is 18.8 Å². The van der Waals surface area contributed by atoms with E-state index in [-0.39, 0.29) is 11.4 Å². The highest BCUT2D eigenvalue weighted by molar-refractivity contribution is 5.60. The van der Waals surface area contributed by atoms with Gasteiger partial charge in [-0.25, -0.2) is 9.37 Å². The van der Waals surface area contributed by atoms with Crippen molar-refractivity contribution in [3.8, 4) is 17.2 Å². The molecule has 0 amide bonds. The van der Waals surface area contributed by atoms with Crippen molar-refractivity contribution in [1.82, 2.24) is 4.98 Å². The number of nitro groups is 1. The van der Waals surface area contributed by atoms with Gasteiger partial charge in [0.25, 0.3) is 5.69 Å². The standard InChI is InChI=1S/C13H10FN3O4/c14-9-7-8(17(18)19)1-2-10(9)21-11-3-4-15-13-12(11)20-6-5-16-13/h1-4,7H,5-6H2,(H,15,16). The number of ether oxygens (including phenoxy) is 2. The topological polar surface area (TPSA) is 86.5 Å². The van der Waals surface area contributed by atoms with E-state index >= 15 is 0 Å². The number of fused-ring (bicyclic) bond motifs is 1. The maximum atomic E-state index is 13.8. The van der Waals surface area contributed by atoms with Gasteiger partial charge in [0, 0.05) is 18.3 Å². The molecule has 3 rings (SSSR count). The molecule has 0 unspecified atom stereocenters. The quantitative estimate of drug-likeness (QED) is 0.691. The molecule has 1 aliphatic rings. The lowest BCUT2D eigenvalue weighted by Gasteiger charge is -2.20. The second kappa shape index (κ2) is 5.23. The molecule has 0 spiro atoms. The lowest BCUT2D eigenvalue weighted by atomic mass is 10.3. The van der Waals surface area contributed by atoms with Crippen molar-refractivity contribution in [2.24, 2.45) is 0 Å². The molecule has 21 heavy (non-hydrogen) atoms. The van der Waals surface area contributed by atoms with E-state index in [1.54, 1.807) is 0 Å². The minimum atomic E-state index is -0.821. The molecule has 1 aromatic heterocycles. The summed E-state index contributed by atoms with van der Waals surface area (Å²) in [5.41, 5.74) is -0.338. The Labute approximate surface area is 118 Å². The first-order valence-electron chi connectivity index (χ1n) is 6.12. The van der Waals surface area contributed by atoms with Crippen LogP contribution in [0.25, 0.3) is 0 Å². The van der Waals surface area contributed by atoms with Crippen LogP contribution >= 0.6 is 0 Å². The molecule has 1 aromatic carbocycles. The van der Waals surface area contributed by atoms with Gasteiger partial charge in [-0.05, 0) is 6.07 Å². The van der Waals surface area contributed by atoms with E-state index in [1.165, 1.54) is 24.4 Å². The van der Waals surface area contributed by atoms with Gasteiger partial charge >= 0.3 is 0 Å². The van der Waals surface area contributed by atoms with Gasteiger partial charge < -0.3 is 14.8 Å². The summed E-state index contributed by atoms with van der Waals surface area (Å²) in [6, 6.07) is 4.72. The Balaban J connectivity index is 1.92. The number of aromatic nitrogens is 1. The molecule has 2 aromatic rings. The maximum Gasteiger partial charge on any atom is 0.272 e. The lowest BCUT2D eigenvalue weighted by molar-refractivity contribution is -0.385. The number of benzene rings is 1. The van der Waals surface area contributed by atoms with Crippen molar-refractivity contribution in [2.75, 3.05) is 18.5 Å². The number of nitrogens with one attached hydrogen (secondary N) is 1. The second-order valence-electron chi connectivity index (χ2n) is 4.24. The number of hydrogen-bond acceptors (Lipinski definition) is 6. The third kappa shape index (κ3) is 2.55. The summed E-state index contributed by atoms with van der Waals surface area (Å²) in [6.45, 7) is 1.06. The number of pyridine rings is 1. The van der Waals surface area contributed by atoms with E-state index in [2.05, 4.69) is 10.3 Å². The number of halogens is 1. The molecule has 2 heterocycles. The van der Waals surface area contributed by atoms with Gasteiger partial charge in [0.15, 0.2) is 23.1 Å². The first-order chi connectivity index (χ1) is 10.1. The summed E-state index contributed by atoms with van der Waals surface area (Å²) < 4.78 is 24.7. The van der Waals surface area contributed by atoms with E-state index in [0.29, 0.717) is 30.5 Å². The lowest BCUT2D eigenvalue weighted by Crippen LogP contribution is -2.19. The normalized spacial score (nSPS) is 12.8. The largest absolute Gasteiger partial charge is 0.485 e. The van der Waals surface area contributed by atoms with Crippen molar-refractivity contribution in [2.45, 2.75) is 0 Å². The maximum absolute atomic E-state index is 13.8. The minimum absolute atomic E-state index is 0.122. The van der Waals surface area contributed by atoms with Crippen LogP contribution in [0.15, 0.2) is 30.5 Å². The molecule has 0 bridgehead atoms. The van der Waals surface area contributed by atoms with E-state index in [4.69, 9.17) is 9.47 Å². The van der Waals surface area contributed by atoms with E-state index in [9.17, 15) is 14.5 Å². The van der Waals surface area contributed by atoms with Crippen LogP contribution < -0.4 is 14.8 Å². The predicted molar refractivity (Wildman–Crippen MR) is 71.4 cm³/mol. The molecule has 108 valence electrons. The molecule has 1 aliphatic heterocycles. The molecule has 0 atom stereocenters. The Morgan fingerprint density at radius 1 is 1.38 bits per heavy atom. The van der Waals surface area contributed by atoms with Crippen LogP contribution in [0, 0.1) is 15.9 Å². The van der Waals surface area contributed by atoms with Gasteiger partial charge in [0.05, 0.1) is 17.5 Å². The van der Waals surface area contributed by atoms with Crippen molar-refractivity contribution >= 4 is 11.5 Å². The number of nitro benzene ring substituents is 1. The fourth-order valence-electron chi connectivity index (χ4n) is 1.90. The molecular weight excluding hydrogens is 281 g/mol. The third-order valence-electron chi connectivity index (χ3n) is 2.86. The highest BCUT2D eigenvalue weighted by atomic mass is 19.1. The summed E-state index contributed by atoms with van der Waals surface area (Å²) >= 11 is 0. The summed E-state index contributed by atoms with van der Waals surface area (Å²) in [7, 11) is 0. The molecule has 0 fully saturated rings. The Kier molecular flexibility index (Phi) is 3.27. The first kappa shape index (κ1) is 13.1. The van der Waals surface area contributed by atoms with Gasteiger partial charge in [0.1, 0.15) is 6.61 Å². The number of anilines is 1. The zero-order valence-electron chi connectivity index (χ0n) is 10.7. The van der Waals surface area contributed by atoms with Crippen LogP contribution in [0.1, 0.15) is 0 Å². The van der Waals surface area contributed by atoms with Crippen molar-refractivity contribution in [1.29, 1.82) is 0 Å². The van der Waals surface area contributed by atoms with E-state index < -0.39 is 10.7 Å². The number of nitrogens with zero attached hydrogens (tertiary/aromatic N) is 2. The van der Waals surface area contributed by atoms with Gasteiger partial charge in [-0.2, -0.15) is 0 Å². The Bertz CT molecular complexity index is 708. The van der Waals surface area contributed by atoms with Crippen LogP contribution in [0.3, 0.4) is 0 Å². The average molecular weight is 291 g/mol. The summed E-state index contributed by atoms with van der Waals surface area (Å²) in [6.07, 6.45) is 1.50. The summed E-state index contributed by atoms with van der Waals surface area (Å²) in [5, 5.41) is 13.6. The molecule has 8 heteroatoms. The molecule has 1 N–H and O–H groups in total. The molecule has 0 radical (unpaired) electrons. The van der Waals surface area contributed by atoms with Gasteiger partial charge in [-0.15, -0.1) is 0 Å².